The van der Waals surface area contributed by atoms with Crippen molar-refractivity contribution in [3.63, 3.8) is 0 Å². The predicted molar refractivity (Wildman–Crippen MR) is 65.7 cm³/mol. The Balaban J connectivity index is 2.28. The van der Waals surface area contributed by atoms with Gasteiger partial charge in [-0.2, -0.15) is 0 Å². The Kier molecular flexibility index (Phi) is 6.01. The van der Waals surface area contributed by atoms with E-state index in [4.69, 9.17) is 5.11 Å². The van der Waals surface area contributed by atoms with Gasteiger partial charge in [-0.3, -0.25) is 9.59 Å². The molecule has 0 unspecified atom stereocenters. The first-order valence-electron chi connectivity index (χ1n) is 6.61. The molecule has 1 amide bonds. The van der Waals surface area contributed by atoms with Gasteiger partial charge in [-0.25, -0.2) is 0 Å². The highest BCUT2D eigenvalue weighted by atomic mass is 16.4. The van der Waals surface area contributed by atoms with Crippen LogP contribution in [0.3, 0.4) is 0 Å². The Morgan fingerprint density at radius 3 is 2.35 bits per heavy atom. The third-order valence-corrected chi connectivity index (χ3v) is 3.41. The molecule has 0 saturated heterocycles. The third-order valence-electron chi connectivity index (χ3n) is 3.41. The van der Waals surface area contributed by atoms with Gasteiger partial charge < -0.3 is 10.4 Å². The Morgan fingerprint density at radius 2 is 1.82 bits per heavy atom. The summed E-state index contributed by atoms with van der Waals surface area (Å²) in [6.07, 6.45) is 7.34. The highest BCUT2D eigenvalue weighted by Gasteiger charge is 2.21. The first-order chi connectivity index (χ1) is 8.09. The van der Waals surface area contributed by atoms with Crippen LogP contribution in [0.2, 0.25) is 0 Å². The van der Waals surface area contributed by atoms with Gasteiger partial charge in [0.2, 0.25) is 5.91 Å². The van der Waals surface area contributed by atoms with Gasteiger partial charge in [0.25, 0.3) is 0 Å². The molecule has 0 heterocycles. The molecule has 4 heteroatoms. The van der Waals surface area contributed by atoms with Crippen molar-refractivity contribution in [1.29, 1.82) is 0 Å². The van der Waals surface area contributed by atoms with Gasteiger partial charge in [-0.05, 0) is 26.2 Å². The number of aliphatic carboxylic acids is 1. The maximum Gasteiger partial charge on any atom is 0.303 e. The Morgan fingerprint density at radius 1 is 1.24 bits per heavy atom. The number of rotatable bonds is 5. The molecule has 1 rings (SSSR count). The van der Waals surface area contributed by atoms with Gasteiger partial charge in [0.05, 0.1) is 0 Å². The van der Waals surface area contributed by atoms with Gasteiger partial charge in [-0.1, -0.05) is 25.7 Å². The van der Waals surface area contributed by atoms with Crippen molar-refractivity contribution >= 4 is 11.9 Å². The van der Waals surface area contributed by atoms with E-state index in [1.807, 2.05) is 6.92 Å². The maximum atomic E-state index is 11.9. The van der Waals surface area contributed by atoms with Crippen molar-refractivity contribution in [2.24, 2.45) is 5.92 Å². The number of amides is 1. The van der Waals surface area contributed by atoms with Gasteiger partial charge in [0.1, 0.15) is 0 Å². The molecular formula is C13H23NO3. The zero-order valence-corrected chi connectivity index (χ0v) is 10.6. The van der Waals surface area contributed by atoms with Crippen LogP contribution in [-0.4, -0.2) is 23.0 Å². The summed E-state index contributed by atoms with van der Waals surface area (Å²) in [5, 5.41) is 11.5. The number of carbonyl (C=O) groups is 2. The molecule has 1 saturated carbocycles. The molecular weight excluding hydrogens is 218 g/mol. The number of hydrogen-bond acceptors (Lipinski definition) is 2. The average molecular weight is 241 g/mol. The molecule has 0 aromatic carbocycles. The van der Waals surface area contributed by atoms with Crippen molar-refractivity contribution < 1.29 is 14.7 Å². The van der Waals surface area contributed by atoms with E-state index >= 15 is 0 Å². The average Bonchev–Trinajstić information content (AvgIpc) is 2.54. The highest BCUT2D eigenvalue weighted by Crippen LogP contribution is 2.23. The van der Waals surface area contributed by atoms with Crippen molar-refractivity contribution in [3.05, 3.63) is 0 Å². The van der Waals surface area contributed by atoms with E-state index in [1.165, 1.54) is 12.8 Å². The molecule has 1 aliphatic carbocycles. The van der Waals surface area contributed by atoms with Crippen LogP contribution < -0.4 is 5.32 Å². The molecule has 1 atom stereocenters. The largest absolute Gasteiger partial charge is 0.481 e. The lowest BCUT2D eigenvalue weighted by molar-refractivity contribution is -0.137. The summed E-state index contributed by atoms with van der Waals surface area (Å²) in [7, 11) is 0. The molecule has 4 nitrogen and oxygen atoms in total. The monoisotopic (exact) mass is 241 g/mol. The molecule has 1 fully saturated rings. The van der Waals surface area contributed by atoms with Crippen molar-refractivity contribution in [2.75, 3.05) is 0 Å². The minimum atomic E-state index is -0.805. The number of hydrogen-bond donors (Lipinski definition) is 2. The van der Waals surface area contributed by atoms with Crippen LogP contribution in [0.15, 0.2) is 0 Å². The van der Waals surface area contributed by atoms with Gasteiger partial charge in [0.15, 0.2) is 0 Å². The van der Waals surface area contributed by atoms with Gasteiger partial charge >= 0.3 is 5.97 Å². The summed E-state index contributed by atoms with van der Waals surface area (Å²) in [5.41, 5.74) is 0. The van der Waals surface area contributed by atoms with Crippen LogP contribution in [0.5, 0.6) is 0 Å². The zero-order chi connectivity index (χ0) is 12.7. The Hall–Kier alpha value is -1.06. The third kappa shape index (κ3) is 5.71. The number of carbonyl (C=O) groups excluding carboxylic acids is 1. The lowest BCUT2D eigenvalue weighted by atomic mass is 9.99. The SMILES string of the molecule is C[C@H](CCC(=O)O)NC(=O)C1CCCCCC1. The summed E-state index contributed by atoms with van der Waals surface area (Å²) in [5.74, 6) is -0.546. The molecule has 0 aromatic rings. The fourth-order valence-electron chi connectivity index (χ4n) is 2.31. The smallest absolute Gasteiger partial charge is 0.303 e. The number of nitrogens with one attached hydrogen (secondary N) is 1. The summed E-state index contributed by atoms with van der Waals surface area (Å²) in [4.78, 5) is 22.4. The van der Waals surface area contributed by atoms with E-state index in [9.17, 15) is 9.59 Å². The zero-order valence-electron chi connectivity index (χ0n) is 10.6. The second kappa shape index (κ2) is 7.30. The number of carboxylic acids is 1. The van der Waals surface area contributed by atoms with E-state index < -0.39 is 5.97 Å². The minimum Gasteiger partial charge on any atom is -0.481 e. The molecule has 0 bridgehead atoms. The van der Waals surface area contributed by atoms with Crippen LogP contribution >= 0.6 is 0 Å². The molecule has 0 spiro atoms. The van der Waals surface area contributed by atoms with E-state index in [-0.39, 0.29) is 24.3 Å². The molecule has 17 heavy (non-hydrogen) atoms. The van der Waals surface area contributed by atoms with Crippen molar-refractivity contribution in [3.8, 4) is 0 Å². The van der Waals surface area contributed by atoms with E-state index in [0.717, 1.165) is 25.7 Å². The van der Waals surface area contributed by atoms with Crippen molar-refractivity contribution in [1.82, 2.24) is 5.32 Å². The molecule has 0 radical (unpaired) electrons. The van der Waals surface area contributed by atoms with Crippen LogP contribution in [0.25, 0.3) is 0 Å². The van der Waals surface area contributed by atoms with E-state index in [1.54, 1.807) is 0 Å². The fraction of sp³-hybridized carbons (Fsp3) is 0.846. The highest BCUT2D eigenvalue weighted by molar-refractivity contribution is 5.79. The summed E-state index contributed by atoms with van der Waals surface area (Å²) >= 11 is 0. The molecule has 98 valence electrons. The Labute approximate surface area is 103 Å². The summed E-state index contributed by atoms with van der Waals surface area (Å²) < 4.78 is 0. The quantitative estimate of drug-likeness (QED) is 0.726. The lowest BCUT2D eigenvalue weighted by Gasteiger charge is -2.18. The van der Waals surface area contributed by atoms with Crippen LogP contribution in [0, 0.1) is 5.92 Å². The molecule has 1 aliphatic rings. The first kappa shape index (κ1) is 14.0. The molecule has 0 aliphatic heterocycles. The van der Waals surface area contributed by atoms with Gasteiger partial charge in [-0.15, -0.1) is 0 Å². The predicted octanol–water partition coefficient (Wildman–Crippen LogP) is 2.33. The molecule has 0 aromatic heterocycles. The van der Waals surface area contributed by atoms with Crippen LogP contribution in [-0.2, 0) is 9.59 Å². The first-order valence-corrected chi connectivity index (χ1v) is 6.61. The molecule has 2 N–H and O–H groups in total. The Bertz CT molecular complexity index is 257. The van der Waals surface area contributed by atoms with Gasteiger partial charge in [0, 0.05) is 18.4 Å². The maximum absolute atomic E-state index is 11.9. The second-order valence-corrected chi connectivity index (χ2v) is 5.03. The topological polar surface area (TPSA) is 66.4 Å². The number of carboxylic acid groups (broad SMARTS) is 1. The van der Waals surface area contributed by atoms with E-state index in [0.29, 0.717) is 6.42 Å². The second-order valence-electron chi connectivity index (χ2n) is 5.03. The summed E-state index contributed by atoms with van der Waals surface area (Å²) in [6, 6.07) is -0.0400. The standard InChI is InChI=1S/C13H23NO3/c1-10(8-9-12(15)16)14-13(17)11-6-4-2-3-5-7-11/h10-11H,2-9H2,1H3,(H,14,17)(H,15,16)/t10-/m1/s1. The fourth-order valence-corrected chi connectivity index (χ4v) is 2.31. The normalized spacial score (nSPS) is 19.4. The van der Waals surface area contributed by atoms with Crippen molar-refractivity contribution in [2.45, 2.75) is 64.3 Å². The minimum absolute atomic E-state index is 0.0400. The van der Waals surface area contributed by atoms with E-state index in [2.05, 4.69) is 5.32 Å². The lowest BCUT2D eigenvalue weighted by Crippen LogP contribution is -2.37. The van der Waals surface area contributed by atoms with Crippen LogP contribution in [0.1, 0.15) is 58.3 Å². The summed E-state index contributed by atoms with van der Waals surface area (Å²) in [6.45, 7) is 1.87. The van der Waals surface area contributed by atoms with Crippen LogP contribution in [0.4, 0.5) is 0 Å².